The highest BCUT2D eigenvalue weighted by Crippen LogP contribution is 2.08. The van der Waals surface area contributed by atoms with Crippen molar-refractivity contribution in [1.29, 1.82) is 0 Å². The van der Waals surface area contributed by atoms with Crippen LogP contribution in [-0.2, 0) is 6.42 Å². The molecule has 0 saturated heterocycles. The third kappa shape index (κ3) is 5.00. The predicted octanol–water partition coefficient (Wildman–Crippen LogP) is 1.83. The average Bonchev–Trinajstić information content (AvgIpc) is 2.45. The van der Waals surface area contributed by atoms with E-state index in [1.165, 1.54) is 0 Å². The Morgan fingerprint density at radius 3 is 2.53 bits per heavy atom. The summed E-state index contributed by atoms with van der Waals surface area (Å²) >= 11 is 0. The second-order valence-electron chi connectivity index (χ2n) is 4.81. The Morgan fingerprint density at radius 2 is 2.07 bits per heavy atom. The molecule has 1 aromatic rings. The monoisotopic (exact) mass is 211 g/mol. The van der Waals surface area contributed by atoms with Gasteiger partial charge in [-0.15, -0.1) is 0 Å². The molecule has 1 heterocycles. The molecule has 0 aliphatic rings. The van der Waals surface area contributed by atoms with Gasteiger partial charge >= 0.3 is 0 Å². The summed E-state index contributed by atoms with van der Waals surface area (Å²) in [7, 11) is 2.01. The molecule has 3 heteroatoms. The first-order valence-electron chi connectivity index (χ1n) is 5.33. The first kappa shape index (κ1) is 12.3. The average molecular weight is 211 g/mol. The largest absolute Gasteiger partial charge is 0.466 e. The lowest BCUT2D eigenvalue weighted by Crippen LogP contribution is -2.37. The third-order valence-electron chi connectivity index (χ3n) is 2.19. The zero-order chi connectivity index (χ0) is 11.5. The molecule has 0 amide bonds. The predicted molar refractivity (Wildman–Crippen MR) is 60.9 cm³/mol. The summed E-state index contributed by atoms with van der Waals surface area (Å²) in [5.41, 5.74) is -0.631. The van der Waals surface area contributed by atoms with E-state index in [1.54, 1.807) is 0 Å². The van der Waals surface area contributed by atoms with Gasteiger partial charge in [-0.25, -0.2) is 0 Å². The highest BCUT2D eigenvalue weighted by atomic mass is 16.3. The van der Waals surface area contributed by atoms with Crippen LogP contribution in [0.1, 0.15) is 25.4 Å². The topological polar surface area (TPSA) is 36.6 Å². The lowest BCUT2D eigenvalue weighted by Gasteiger charge is -2.24. The fourth-order valence-corrected chi connectivity index (χ4v) is 1.66. The zero-order valence-corrected chi connectivity index (χ0v) is 10.1. The number of hydrogen-bond donors (Lipinski definition) is 1. The van der Waals surface area contributed by atoms with Gasteiger partial charge in [0.2, 0.25) is 0 Å². The first-order chi connectivity index (χ1) is 6.87. The molecule has 0 aromatic carbocycles. The van der Waals surface area contributed by atoms with Crippen LogP contribution in [0.3, 0.4) is 0 Å². The summed E-state index contributed by atoms with van der Waals surface area (Å²) in [4.78, 5) is 2.11. The Morgan fingerprint density at radius 1 is 1.40 bits per heavy atom. The number of rotatable bonds is 5. The lowest BCUT2D eigenvalue weighted by molar-refractivity contribution is 0.0446. The van der Waals surface area contributed by atoms with Gasteiger partial charge in [0, 0.05) is 19.5 Å². The standard InChI is InChI=1S/C12H21NO2/c1-10-5-6-11(15-10)7-8-13(4)9-12(2,3)14/h5-6,14H,7-9H2,1-4H3. The number of aliphatic hydroxyl groups is 1. The highest BCUT2D eigenvalue weighted by Gasteiger charge is 2.15. The molecule has 0 unspecified atom stereocenters. The van der Waals surface area contributed by atoms with Crippen LogP contribution in [0, 0.1) is 6.92 Å². The zero-order valence-electron chi connectivity index (χ0n) is 10.1. The molecule has 1 rings (SSSR count). The molecule has 0 aliphatic heterocycles. The van der Waals surface area contributed by atoms with Gasteiger partial charge < -0.3 is 14.4 Å². The van der Waals surface area contributed by atoms with E-state index in [4.69, 9.17) is 4.42 Å². The van der Waals surface area contributed by atoms with E-state index < -0.39 is 5.60 Å². The minimum absolute atomic E-state index is 0.631. The summed E-state index contributed by atoms with van der Waals surface area (Å²) in [6.07, 6.45) is 0.889. The Bertz CT molecular complexity index is 299. The molecule has 0 atom stereocenters. The molecule has 0 radical (unpaired) electrons. The van der Waals surface area contributed by atoms with E-state index >= 15 is 0 Å². The van der Waals surface area contributed by atoms with Crippen LogP contribution in [0.25, 0.3) is 0 Å². The Balaban J connectivity index is 2.31. The maximum absolute atomic E-state index is 9.62. The van der Waals surface area contributed by atoms with Gasteiger partial charge in [-0.3, -0.25) is 0 Å². The summed E-state index contributed by atoms with van der Waals surface area (Å²) < 4.78 is 5.47. The van der Waals surface area contributed by atoms with Gasteiger partial charge in [-0.05, 0) is 40.0 Å². The summed E-state index contributed by atoms with van der Waals surface area (Å²) in [5, 5.41) is 9.62. The molecular weight excluding hydrogens is 190 g/mol. The van der Waals surface area contributed by atoms with Crippen molar-refractivity contribution >= 4 is 0 Å². The number of hydrogen-bond acceptors (Lipinski definition) is 3. The second-order valence-corrected chi connectivity index (χ2v) is 4.81. The molecule has 0 saturated carbocycles. The van der Waals surface area contributed by atoms with Gasteiger partial charge in [0.15, 0.2) is 0 Å². The van der Waals surface area contributed by atoms with Crippen LogP contribution in [0.15, 0.2) is 16.5 Å². The first-order valence-corrected chi connectivity index (χ1v) is 5.33. The van der Waals surface area contributed by atoms with E-state index in [0.29, 0.717) is 6.54 Å². The Labute approximate surface area is 91.7 Å². The number of furan rings is 1. The number of aryl methyl sites for hydroxylation is 1. The van der Waals surface area contributed by atoms with Crippen molar-refractivity contribution in [2.24, 2.45) is 0 Å². The summed E-state index contributed by atoms with van der Waals surface area (Å²) in [6, 6.07) is 3.98. The van der Waals surface area contributed by atoms with Crippen molar-refractivity contribution in [3.05, 3.63) is 23.7 Å². The van der Waals surface area contributed by atoms with Gasteiger partial charge in [0.25, 0.3) is 0 Å². The smallest absolute Gasteiger partial charge is 0.105 e. The molecule has 0 bridgehead atoms. The highest BCUT2D eigenvalue weighted by molar-refractivity contribution is 5.05. The molecule has 1 N–H and O–H groups in total. The van der Waals surface area contributed by atoms with Crippen LogP contribution < -0.4 is 0 Å². The fraction of sp³-hybridized carbons (Fsp3) is 0.667. The molecule has 15 heavy (non-hydrogen) atoms. The lowest BCUT2D eigenvalue weighted by atomic mass is 10.1. The van der Waals surface area contributed by atoms with E-state index in [9.17, 15) is 5.11 Å². The molecule has 0 fully saturated rings. The minimum Gasteiger partial charge on any atom is -0.466 e. The molecule has 0 spiro atoms. The molecule has 3 nitrogen and oxygen atoms in total. The minimum atomic E-state index is -0.631. The molecule has 1 aromatic heterocycles. The summed E-state index contributed by atoms with van der Waals surface area (Å²) in [6.45, 7) is 7.16. The molecule has 0 aliphatic carbocycles. The summed E-state index contributed by atoms with van der Waals surface area (Å²) in [5.74, 6) is 1.96. The third-order valence-corrected chi connectivity index (χ3v) is 2.19. The van der Waals surface area contributed by atoms with Gasteiger partial charge in [0.1, 0.15) is 11.5 Å². The van der Waals surface area contributed by atoms with Gasteiger partial charge in [-0.2, -0.15) is 0 Å². The van der Waals surface area contributed by atoms with E-state index in [2.05, 4.69) is 4.90 Å². The van der Waals surface area contributed by atoms with Crippen LogP contribution in [0.2, 0.25) is 0 Å². The van der Waals surface area contributed by atoms with Crippen molar-refractivity contribution in [1.82, 2.24) is 4.90 Å². The van der Waals surface area contributed by atoms with Crippen LogP contribution in [0.5, 0.6) is 0 Å². The van der Waals surface area contributed by atoms with Crippen LogP contribution in [-0.4, -0.2) is 35.7 Å². The molecular formula is C12H21NO2. The van der Waals surface area contributed by atoms with Crippen molar-refractivity contribution < 1.29 is 9.52 Å². The number of likely N-dealkylation sites (N-methyl/N-ethyl adjacent to an activating group) is 1. The normalized spacial score (nSPS) is 12.4. The van der Waals surface area contributed by atoms with Crippen molar-refractivity contribution in [3.63, 3.8) is 0 Å². The second kappa shape index (κ2) is 4.81. The van der Waals surface area contributed by atoms with E-state index in [0.717, 1.165) is 24.5 Å². The Kier molecular flexibility index (Phi) is 3.94. The van der Waals surface area contributed by atoms with Crippen molar-refractivity contribution in [2.45, 2.75) is 32.8 Å². The van der Waals surface area contributed by atoms with Gasteiger partial charge in [-0.1, -0.05) is 0 Å². The van der Waals surface area contributed by atoms with Crippen LogP contribution in [0.4, 0.5) is 0 Å². The number of nitrogens with zero attached hydrogens (tertiary/aromatic N) is 1. The maximum Gasteiger partial charge on any atom is 0.105 e. The quantitative estimate of drug-likeness (QED) is 0.807. The molecule has 86 valence electrons. The van der Waals surface area contributed by atoms with E-state index in [1.807, 2.05) is 40.0 Å². The van der Waals surface area contributed by atoms with Gasteiger partial charge in [0.05, 0.1) is 5.60 Å². The SMILES string of the molecule is Cc1ccc(CCN(C)CC(C)(C)O)o1. The van der Waals surface area contributed by atoms with Crippen molar-refractivity contribution in [2.75, 3.05) is 20.1 Å². The van der Waals surface area contributed by atoms with E-state index in [-0.39, 0.29) is 0 Å². The fourth-order valence-electron chi connectivity index (χ4n) is 1.66. The Hall–Kier alpha value is -0.800. The van der Waals surface area contributed by atoms with Crippen LogP contribution >= 0.6 is 0 Å². The maximum atomic E-state index is 9.62. The van der Waals surface area contributed by atoms with Crippen molar-refractivity contribution in [3.8, 4) is 0 Å².